The van der Waals surface area contributed by atoms with E-state index < -0.39 is 0 Å². The van der Waals surface area contributed by atoms with Crippen LogP contribution >= 0.6 is 11.5 Å². The molecule has 2 aliphatic heterocycles. The van der Waals surface area contributed by atoms with Crippen LogP contribution in [0.15, 0.2) is 0 Å². The van der Waals surface area contributed by atoms with Crippen molar-refractivity contribution in [2.24, 2.45) is 5.41 Å². The van der Waals surface area contributed by atoms with Crippen molar-refractivity contribution in [2.45, 2.75) is 70.8 Å². The summed E-state index contributed by atoms with van der Waals surface area (Å²) in [4.78, 5) is 31.0. The summed E-state index contributed by atoms with van der Waals surface area (Å²) >= 11 is 1.19. The molecule has 1 atom stereocenters. The topological polar surface area (TPSA) is 66.4 Å². The summed E-state index contributed by atoms with van der Waals surface area (Å²) in [7, 11) is 0. The molecule has 0 aromatic carbocycles. The highest BCUT2D eigenvalue weighted by molar-refractivity contribution is 7.08. The van der Waals surface area contributed by atoms with Crippen molar-refractivity contribution in [2.75, 3.05) is 19.6 Å². The molecular formula is C19H28N4O2S. The molecule has 142 valence electrons. The van der Waals surface area contributed by atoms with Crippen LogP contribution in [-0.4, -0.2) is 56.9 Å². The summed E-state index contributed by atoms with van der Waals surface area (Å²) < 4.78 is 3.99. The lowest BCUT2D eigenvalue weighted by atomic mass is 9.77. The Morgan fingerprint density at radius 2 is 2.04 bits per heavy atom. The zero-order valence-electron chi connectivity index (χ0n) is 15.6. The first-order valence-corrected chi connectivity index (χ1v) is 10.8. The first-order valence-electron chi connectivity index (χ1n) is 10.1. The standard InChI is InChI=1S/C19H28N4O2S/c1-2-6-15-16(26-21-20-15)17(24)22-12-10-19(13-22)9-5-11-23(18(19)25)14-7-3-4-8-14/h14H,2-13H2,1H3. The van der Waals surface area contributed by atoms with Crippen LogP contribution in [0.2, 0.25) is 0 Å². The predicted molar refractivity (Wildman–Crippen MR) is 100 cm³/mol. The van der Waals surface area contributed by atoms with Crippen molar-refractivity contribution in [3.05, 3.63) is 10.6 Å². The van der Waals surface area contributed by atoms with Crippen molar-refractivity contribution < 1.29 is 9.59 Å². The summed E-state index contributed by atoms with van der Waals surface area (Å²) in [6.07, 6.45) is 9.30. The number of hydrogen-bond acceptors (Lipinski definition) is 5. The molecule has 6 nitrogen and oxygen atoms in total. The fourth-order valence-electron chi connectivity index (χ4n) is 5.00. The molecule has 4 rings (SSSR count). The SMILES string of the molecule is CCCc1nnsc1C(=O)N1CCC2(CCCN(C3CCCC3)C2=O)C1. The van der Waals surface area contributed by atoms with E-state index in [0.29, 0.717) is 29.9 Å². The largest absolute Gasteiger partial charge is 0.339 e. The Bertz CT molecular complexity index is 685. The van der Waals surface area contributed by atoms with Gasteiger partial charge in [-0.3, -0.25) is 9.59 Å². The Kier molecular flexibility index (Phi) is 4.99. The average Bonchev–Trinajstić information content (AvgIpc) is 3.38. The molecule has 26 heavy (non-hydrogen) atoms. The van der Waals surface area contributed by atoms with Crippen molar-refractivity contribution in [1.29, 1.82) is 0 Å². The van der Waals surface area contributed by atoms with Gasteiger partial charge < -0.3 is 9.80 Å². The highest BCUT2D eigenvalue weighted by Crippen LogP contribution is 2.42. The number of piperidine rings is 1. The second-order valence-corrected chi connectivity index (χ2v) is 8.85. The third kappa shape index (κ3) is 3.04. The Morgan fingerprint density at radius 1 is 1.23 bits per heavy atom. The highest BCUT2D eigenvalue weighted by atomic mass is 32.1. The number of nitrogens with zero attached hydrogens (tertiary/aromatic N) is 4. The number of aromatic nitrogens is 2. The zero-order chi connectivity index (χ0) is 18.1. The molecule has 3 aliphatic rings. The first-order chi connectivity index (χ1) is 12.6. The number of amides is 2. The smallest absolute Gasteiger partial charge is 0.267 e. The van der Waals surface area contributed by atoms with Gasteiger partial charge >= 0.3 is 0 Å². The van der Waals surface area contributed by atoms with Crippen LogP contribution in [0, 0.1) is 5.41 Å². The molecule has 2 amide bonds. The van der Waals surface area contributed by atoms with Crippen molar-refractivity contribution in [3.63, 3.8) is 0 Å². The lowest BCUT2D eigenvalue weighted by Gasteiger charge is -2.42. The van der Waals surface area contributed by atoms with Crippen molar-refractivity contribution >= 4 is 23.3 Å². The Balaban J connectivity index is 1.49. The number of hydrogen-bond donors (Lipinski definition) is 0. The second-order valence-electron chi connectivity index (χ2n) is 8.10. The maximum atomic E-state index is 13.3. The monoisotopic (exact) mass is 376 g/mol. The van der Waals surface area contributed by atoms with Gasteiger partial charge in [-0.25, -0.2) is 0 Å². The maximum absolute atomic E-state index is 13.3. The summed E-state index contributed by atoms with van der Waals surface area (Å²) in [5.41, 5.74) is 0.463. The van der Waals surface area contributed by atoms with E-state index >= 15 is 0 Å². The van der Waals surface area contributed by atoms with Gasteiger partial charge in [-0.05, 0) is 50.1 Å². The van der Waals surface area contributed by atoms with Crippen LogP contribution in [-0.2, 0) is 11.2 Å². The number of carbonyl (C=O) groups excluding carboxylic acids is 2. The van der Waals surface area contributed by atoms with E-state index in [0.717, 1.165) is 57.2 Å². The summed E-state index contributed by atoms with van der Waals surface area (Å²) in [5.74, 6) is 0.327. The van der Waals surface area contributed by atoms with Crippen LogP contribution in [0.5, 0.6) is 0 Å². The molecule has 3 fully saturated rings. The van der Waals surface area contributed by atoms with Gasteiger partial charge in [-0.1, -0.05) is 30.7 Å². The number of carbonyl (C=O) groups is 2. The molecule has 7 heteroatoms. The molecule has 0 bridgehead atoms. The minimum atomic E-state index is -0.348. The molecule has 2 saturated heterocycles. The summed E-state index contributed by atoms with van der Waals surface area (Å²) in [6, 6.07) is 0.436. The van der Waals surface area contributed by atoms with E-state index in [9.17, 15) is 9.59 Å². The normalized spacial score (nSPS) is 27.0. The number of rotatable bonds is 4. The van der Waals surface area contributed by atoms with Crippen LogP contribution in [0.25, 0.3) is 0 Å². The first kappa shape index (κ1) is 17.9. The van der Waals surface area contributed by atoms with Crippen LogP contribution < -0.4 is 0 Å². The van der Waals surface area contributed by atoms with Gasteiger partial charge in [0.05, 0.1) is 11.1 Å². The van der Waals surface area contributed by atoms with Crippen LogP contribution in [0.1, 0.15) is 73.7 Å². The van der Waals surface area contributed by atoms with Crippen LogP contribution in [0.4, 0.5) is 0 Å². The van der Waals surface area contributed by atoms with Gasteiger partial charge in [0.2, 0.25) is 5.91 Å². The molecular weight excluding hydrogens is 348 g/mol. The van der Waals surface area contributed by atoms with Crippen molar-refractivity contribution in [3.8, 4) is 0 Å². The van der Waals surface area contributed by atoms with Gasteiger partial charge in [-0.2, -0.15) is 0 Å². The number of aryl methyl sites for hydroxylation is 1. The van der Waals surface area contributed by atoms with E-state index in [1.165, 1.54) is 24.4 Å². The van der Waals surface area contributed by atoms with Gasteiger partial charge in [0, 0.05) is 25.7 Å². The minimum absolute atomic E-state index is 0.0196. The molecule has 1 unspecified atom stereocenters. The van der Waals surface area contributed by atoms with E-state index in [1.807, 2.05) is 4.90 Å². The molecule has 1 aromatic rings. The summed E-state index contributed by atoms with van der Waals surface area (Å²) in [5, 5.41) is 4.13. The Labute approximate surface area is 159 Å². The predicted octanol–water partition coefficient (Wildman–Crippen LogP) is 2.89. The van der Waals surface area contributed by atoms with Crippen molar-refractivity contribution in [1.82, 2.24) is 19.4 Å². The average molecular weight is 377 g/mol. The van der Waals surface area contributed by atoms with E-state index in [2.05, 4.69) is 21.4 Å². The molecule has 0 N–H and O–H groups in total. The highest BCUT2D eigenvalue weighted by Gasteiger charge is 2.51. The van der Waals surface area contributed by atoms with Gasteiger partial charge in [-0.15, -0.1) is 5.10 Å². The third-order valence-electron chi connectivity index (χ3n) is 6.41. The van der Waals surface area contributed by atoms with E-state index in [4.69, 9.17) is 0 Å². The van der Waals surface area contributed by atoms with Gasteiger partial charge in [0.1, 0.15) is 4.88 Å². The third-order valence-corrected chi connectivity index (χ3v) is 7.17. The molecule has 3 heterocycles. The lowest BCUT2D eigenvalue weighted by Crippen LogP contribution is -2.53. The van der Waals surface area contributed by atoms with E-state index in [-0.39, 0.29) is 11.3 Å². The second kappa shape index (κ2) is 7.25. The molecule has 1 saturated carbocycles. The zero-order valence-corrected chi connectivity index (χ0v) is 16.4. The lowest BCUT2D eigenvalue weighted by molar-refractivity contribution is -0.148. The number of likely N-dealkylation sites (tertiary alicyclic amines) is 2. The fourth-order valence-corrected chi connectivity index (χ4v) is 5.68. The maximum Gasteiger partial charge on any atom is 0.267 e. The Morgan fingerprint density at radius 3 is 2.81 bits per heavy atom. The quantitative estimate of drug-likeness (QED) is 0.810. The minimum Gasteiger partial charge on any atom is -0.339 e. The van der Waals surface area contributed by atoms with Gasteiger partial charge in [0.25, 0.3) is 5.91 Å². The van der Waals surface area contributed by atoms with Gasteiger partial charge in [0.15, 0.2) is 0 Å². The van der Waals surface area contributed by atoms with Crippen LogP contribution in [0.3, 0.4) is 0 Å². The molecule has 1 aromatic heterocycles. The fraction of sp³-hybridized carbons (Fsp3) is 0.789. The summed E-state index contributed by atoms with van der Waals surface area (Å²) in [6.45, 7) is 4.22. The molecule has 0 radical (unpaired) electrons. The van der Waals surface area contributed by atoms with E-state index in [1.54, 1.807) is 0 Å². The Hall–Kier alpha value is -1.50. The molecule has 1 spiro atoms. The molecule has 1 aliphatic carbocycles.